The second kappa shape index (κ2) is 6.40. The molecule has 0 saturated heterocycles. The van der Waals surface area contributed by atoms with Gasteiger partial charge in [0.05, 0.1) is 6.04 Å². The van der Waals surface area contributed by atoms with Crippen molar-refractivity contribution >= 4 is 5.91 Å². The maximum Gasteiger partial charge on any atom is 0.237 e. The lowest BCUT2D eigenvalue weighted by atomic mass is 10.1. The van der Waals surface area contributed by atoms with Crippen LogP contribution in [0.4, 0.5) is 0 Å². The number of carbonyl (C=O) groups excluding carboxylic acids is 1. The zero-order valence-electron chi connectivity index (χ0n) is 11.1. The Bertz CT molecular complexity index is 374. The van der Waals surface area contributed by atoms with E-state index >= 15 is 0 Å². The minimum atomic E-state index is -0.169. The molecule has 0 radical (unpaired) electrons. The molecule has 1 rings (SSSR count). The fraction of sp³-hybridized carbons (Fsp3) is 0.500. The molecule has 0 aliphatic carbocycles. The Kier molecular flexibility index (Phi) is 5.16. The van der Waals surface area contributed by atoms with Crippen molar-refractivity contribution in [2.24, 2.45) is 0 Å². The third-order valence-corrected chi connectivity index (χ3v) is 2.52. The van der Waals surface area contributed by atoms with Gasteiger partial charge in [0.2, 0.25) is 5.91 Å². The molecule has 1 unspecified atom stereocenters. The van der Waals surface area contributed by atoms with Crippen molar-refractivity contribution in [2.45, 2.75) is 46.3 Å². The molecule has 0 heterocycles. The lowest BCUT2D eigenvalue weighted by Crippen LogP contribution is -2.44. The van der Waals surface area contributed by atoms with Crippen molar-refractivity contribution in [2.75, 3.05) is 0 Å². The van der Waals surface area contributed by atoms with Gasteiger partial charge >= 0.3 is 0 Å². The largest absolute Gasteiger partial charge is 0.353 e. The first-order chi connectivity index (χ1) is 7.99. The van der Waals surface area contributed by atoms with Gasteiger partial charge in [0.15, 0.2) is 0 Å². The first kappa shape index (κ1) is 13.7. The number of hydrogen-bond acceptors (Lipinski definition) is 2. The Hall–Kier alpha value is -1.35. The van der Waals surface area contributed by atoms with E-state index in [1.165, 1.54) is 11.1 Å². The summed E-state index contributed by atoms with van der Waals surface area (Å²) < 4.78 is 0. The van der Waals surface area contributed by atoms with Crippen molar-refractivity contribution in [1.82, 2.24) is 10.6 Å². The van der Waals surface area contributed by atoms with Gasteiger partial charge in [-0.25, -0.2) is 0 Å². The lowest BCUT2D eigenvalue weighted by Gasteiger charge is -2.16. The summed E-state index contributed by atoms with van der Waals surface area (Å²) in [7, 11) is 0. The first-order valence-corrected chi connectivity index (χ1v) is 6.08. The zero-order valence-corrected chi connectivity index (χ0v) is 11.1. The highest BCUT2D eigenvalue weighted by molar-refractivity contribution is 5.81. The fourth-order valence-electron chi connectivity index (χ4n) is 1.60. The van der Waals surface area contributed by atoms with Crippen LogP contribution in [0.2, 0.25) is 0 Å². The molecule has 3 nitrogen and oxygen atoms in total. The van der Waals surface area contributed by atoms with Crippen LogP contribution in [0.5, 0.6) is 0 Å². The number of benzene rings is 1. The van der Waals surface area contributed by atoms with Gasteiger partial charge in [-0.05, 0) is 33.3 Å². The Morgan fingerprint density at radius 1 is 1.29 bits per heavy atom. The zero-order chi connectivity index (χ0) is 12.8. The highest BCUT2D eigenvalue weighted by Crippen LogP contribution is 2.03. The molecule has 1 aromatic rings. The number of carbonyl (C=O) groups is 1. The summed E-state index contributed by atoms with van der Waals surface area (Å²) in [6.07, 6.45) is 0. The van der Waals surface area contributed by atoms with Gasteiger partial charge in [-0.15, -0.1) is 0 Å². The van der Waals surface area contributed by atoms with E-state index in [9.17, 15) is 4.79 Å². The molecule has 1 amide bonds. The number of rotatable bonds is 5. The van der Waals surface area contributed by atoms with Gasteiger partial charge in [0, 0.05) is 12.6 Å². The molecule has 17 heavy (non-hydrogen) atoms. The maximum absolute atomic E-state index is 11.7. The molecule has 0 saturated carbocycles. The van der Waals surface area contributed by atoms with Crippen LogP contribution in [0.25, 0.3) is 0 Å². The van der Waals surface area contributed by atoms with Crippen molar-refractivity contribution in [1.29, 1.82) is 0 Å². The molecule has 0 aromatic heterocycles. The smallest absolute Gasteiger partial charge is 0.237 e. The Morgan fingerprint density at radius 2 is 2.00 bits per heavy atom. The van der Waals surface area contributed by atoms with Gasteiger partial charge in [-0.2, -0.15) is 0 Å². The van der Waals surface area contributed by atoms with Crippen molar-refractivity contribution < 1.29 is 4.79 Å². The standard InChI is InChI=1S/C14H22N2O/c1-10(2)16-14(17)12(4)15-9-13-7-5-6-11(3)8-13/h5-8,10,12,15H,9H2,1-4H3,(H,16,17). The molecule has 1 aromatic carbocycles. The molecular weight excluding hydrogens is 212 g/mol. The molecule has 0 aliphatic heterocycles. The highest BCUT2D eigenvalue weighted by Gasteiger charge is 2.12. The van der Waals surface area contributed by atoms with Gasteiger partial charge in [0.1, 0.15) is 0 Å². The number of nitrogens with one attached hydrogen (secondary N) is 2. The van der Waals surface area contributed by atoms with Crippen LogP contribution in [0, 0.1) is 6.92 Å². The summed E-state index contributed by atoms with van der Waals surface area (Å²) in [4.78, 5) is 11.7. The summed E-state index contributed by atoms with van der Waals surface area (Å²) in [5, 5.41) is 6.11. The Labute approximate surface area is 104 Å². The lowest BCUT2D eigenvalue weighted by molar-refractivity contribution is -0.123. The second-order valence-electron chi connectivity index (χ2n) is 4.75. The van der Waals surface area contributed by atoms with Crippen LogP contribution in [-0.4, -0.2) is 18.0 Å². The summed E-state index contributed by atoms with van der Waals surface area (Å²) in [6, 6.07) is 8.31. The molecule has 1 atom stereocenters. The van der Waals surface area contributed by atoms with Crippen LogP contribution < -0.4 is 10.6 Å². The quantitative estimate of drug-likeness (QED) is 0.818. The third-order valence-electron chi connectivity index (χ3n) is 2.52. The summed E-state index contributed by atoms with van der Waals surface area (Å²) in [6.45, 7) is 8.59. The van der Waals surface area contributed by atoms with Gasteiger partial charge in [0.25, 0.3) is 0 Å². The SMILES string of the molecule is Cc1cccc(CNC(C)C(=O)NC(C)C)c1. The molecule has 2 N–H and O–H groups in total. The number of amides is 1. The monoisotopic (exact) mass is 234 g/mol. The van der Waals surface area contributed by atoms with E-state index < -0.39 is 0 Å². The molecule has 0 aliphatic rings. The topological polar surface area (TPSA) is 41.1 Å². The molecule has 0 bridgehead atoms. The highest BCUT2D eigenvalue weighted by atomic mass is 16.2. The van der Waals surface area contributed by atoms with E-state index in [1.807, 2.05) is 26.8 Å². The van der Waals surface area contributed by atoms with Crippen molar-refractivity contribution in [3.8, 4) is 0 Å². The van der Waals surface area contributed by atoms with E-state index in [-0.39, 0.29) is 18.0 Å². The maximum atomic E-state index is 11.7. The second-order valence-corrected chi connectivity index (χ2v) is 4.75. The average molecular weight is 234 g/mol. The number of hydrogen-bond donors (Lipinski definition) is 2. The molecular formula is C14H22N2O. The van der Waals surface area contributed by atoms with Crippen LogP contribution >= 0.6 is 0 Å². The summed E-state index contributed by atoms with van der Waals surface area (Å²) in [5.74, 6) is 0.0488. The van der Waals surface area contributed by atoms with E-state index in [0.717, 1.165) is 0 Å². The fourth-order valence-corrected chi connectivity index (χ4v) is 1.60. The predicted octanol–water partition coefficient (Wildman–Crippen LogP) is 2.00. The normalized spacial score (nSPS) is 12.5. The Morgan fingerprint density at radius 3 is 2.59 bits per heavy atom. The van der Waals surface area contributed by atoms with E-state index in [1.54, 1.807) is 0 Å². The van der Waals surface area contributed by atoms with Gasteiger partial charge in [-0.1, -0.05) is 29.8 Å². The van der Waals surface area contributed by atoms with E-state index in [4.69, 9.17) is 0 Å². The van der Waals surface area contributed by atoms with Crippen LogP contribution in [-0.2, 0) is 11.3 Å². The summed E-state index contributed by atoms with van der Waals surface area (Å²) in [5.41, 5.74) is 2.44. The van der Waals surface area contributed by atoms with Crippen LogP contribution in [0.1, 0.15) is 31.9 Å². The predicted molar refractivity (Wildman–Crippen MR) is 70.8 cm³/mol. The minimum absolute atomic E-state index is 0.0488. The van der Waals surface area contributed by atoms with E-state index in [2.05, 4.69) is 35.8 Å². The van der Waals surface area contributed by atoms with Crippen LogP contribution in [0.3, 0.4) is 0 Å². The van der Waals surface area contributed by atoms with Crippen molar-refractivity contribution in [3.05, 3.63) is 35.4 Å². The minimum Gasteiger partial charge on any atom is -0.353 e. The van der Waals surface area contributed by atoms with E-state index in [0.29, 0.717) is 6.54 Å². The van der Waals surface area contributed by atoms with Gasteiger partial charge < -0.3 is 10.6 Å². The van der Waals surface area contributed by atoms with Crippen molar-refractivity contribution in [3.63, 3.8) is 0 Å². The van der Waals surface area contributed by atoms with Crippen LogP contribution in [0.15, 0.2) is 24.3 Å². The molecule has 0 spiro atoms. The first-order valence-electron chi connectivity index (χ1n) is 6.08. The third kappa shape index (κ3) is 5.00. The number of aryl methyl sites for hydroxylation is 1. The van der Waals surface area contributed by atoms with Gasteiger partial charge in [-0.3, -0.25) is 4.79 Å². The Balaban J connectivity index is 2.42. The molecule has 94 valence electrons. The average Bonchev–Trinajstić information content (AvgIpc) is 2.25. The summed E-state index contributed by atoms with van der Waals surface area (Å²) >= 11 is 0. The molecule has 3 heteroatoms. The molecule has 0 fully saturated rings.